The fourth-order valence-electron chi connectivity index (χ4n) is 1.60. The van der Waals surface area contributed by atoms with E-state index in [1.165, 1.54) is 19.3 Å². The number of carbonyl (C=O) groups excluding carboxylic acids is 1. The van der Waals surface area contributed by atoms with E-state index >= 15 is 0 Å². The second kappa shape index (κ2) is 9.68. The van der Waals surface area contributed by atoms with Gasteiger partial charge in [0.05, 0.1) is 6.61 Å². The van der Waals surface area contributed by atoms with Crippen LogP contribution in [0.1, 0.15) is 66.2 Å². The monoisotopic (exact) mass is 228 g/mol. The van der Waals surface area contributed by atoms with E-state index in [0.29, 0.717) is 24.9 Å². The lowest BCUT2D eigenvalue weighted by molar-refractivity contribution is -0.145. The maximum Gasteiger partial charge on any atom is 0.306 e. The molecule has 1 unspecified atom stereocenters. The SMILES string of the molecule is CCCCCC(C)CC(=O)OCCC(C)C. The number of unbranched alkanes of at least 4 members (excludes halogenated alkanes) is 2. The lowest BCUT2D eigenvalue weighted by Crippen LogP contribution is -2.11. The van der Waals surface area contributed by atoms with Crippen molar-refractivity contribution in [1.29, 1.82) is 0 Å². The van der Waals surface area contributed by atoms with Gasteiger partial charge < -0.3 is 4.74 Å². The molecule has 0 aliphatic heterocycles. The van der Waals surface area contributed by atoms with Crippen molar-refractivity contribution in [2.75, 3.05) is 6.61 Å². The minimum absolute atomic E-state index is 0.0235. The van der Waals surface area contributed by atoms with E-state index < -0.39 is 0 Å². The predicted octanol–water partition coefficient (Wildman–Crippen LogP) is 4.18. The smallest absolute Gasteiger partial charge is 0.306 e. The van der Waals surface area contributed by atoms with Crippen LogP contribution in [-0.2, 0) is 9.53 Å². The summed E-state index contributed by atoms with van der Waals surface area (Å²) in [7, 11) is 0. The molecule has 0 heterocycles. The summed E-state index contributed by atoms with van der Waals surface area (Å²) >= 11 is 0. The van der Waals surface area contributed by atoms with Crippen molar-refractivity contribution in [2.24, 2.45) is 11.8 Å². The first kappa shape index (κ1) is 15.5. The molecule has 0 N–H and O–H groups in total. The van der Waals surface area contributed by atoms with Gasteiger partial charge in [-0.2, -0.15) is 0 Å². The topological polar surface area (TPSA) is 26.3 Å². The van der Waals surface area contributed by atoms with Gasteiger partial charge in [0.2, 0.25) is 0 Å². The lowest BCUT2D eigenvalue weighted by Gasteiger charge is -2.11. The summed E-state index contributed by atoms with van der Waals surface area (Å²) in [5, 5.41) is 0. The van der Waals surface area contributed by atoms with Crippen molar-refractivity contribution in [1.82, 2.24) is 0 Å². The molecule has 96 valence electrons. The van der Waals surface area contributed by atoms with Gasteiger partial charge in [0.1, 0.15) is 0 Å². The molecule has 0 aromatic carbocycles. The van der Waals surface area contributed by atoms with E-state index in [9.17, 15) is 4.79 Å². The standard InChI is InChI=1S/C14H28O2/c1-5-6-7-8-13(4)11-14(15)16-10-9-12(2)3/h12-13H,5-11H2,1-4H3. The average molecular weight is 228 g/mol. The summed E-state index contributed by atoms with van der Waals surface area (Å²) < 4.78 is 5.19. The molecule has 0 saturated carbocycles. The van der Waals surface area contributed by atoms with Crippen molar-refractivity contribution < 1.29 is 9.53 Å². The molecule has 0 aliphatic rings. The third-order valence-electron chi connectivity index (χ3n) is 2.77. The molecule has 16 heavy (non-hydrogen) atoms. The Morgan fingerprint density at radius 3 is 2.38 bits per heavy atom. The number of hydrogen-bond acceptors (Lipinski definition) is 2. The molecule has 0 spiro atoms. The van der Waals surface area contributed by atoms with E-state index in [1.54, 1.807) is 0 Å². The first-order chi connectivity index (χ1) is 7.56. The molecule has 0 amide bonds. The first-order valence-electron chi connectivity index (χ1n) is 6.71. The molecule has 0 radical (unpaired) electrons. The van der Waals surface area contributed by atoms with Crippen LogP contribution in [0.2, 0.25) is 0 Å². The molecule has 0 bridgehead atoms. The summed E-state index contributed by atoms with van der Waals surface area (Å²) in [6.07, 6.45) is 6.44. The molecule has 0 aliphatic carbocycles. The van der Waals surface area contributed by atoms with Gasteiger partial charge in [-0.05, 0) is 18.3 Å². The molecular formula is C14H28O2. The predicted molar refractivity (Wildman–Crippen MR) is 68.3 cm³/mol. The largest absolute Gasteiger partial charge is 0.466 e. The Balaban J connectivity index is 3.46. The molecule has 0 aromatic rings. The van der Waals surface area contributed by atoms with E-state index in [4.69, 9.17) is 4.74 Å². The van der Waals surface area contributed by atoms with E-state index in [2.05, 4.69) is 27.7 Å². The minimum Gasteiger partial charge on any atom is -0.466 e. The highest BCUT2D eigenvalue weighted by atomic mass is 16.5. The van der Waals surface area contributed by atoms with Crippen LogP contribution >= 0.6 is 0 Å². The number of carbonyl (C=O) groups is 1. The van der Waals surface area contributed by atoms with Crippen LogP contribution < -0.4 is 0 Å². The van der Waals surface area contributed by atoms with Crippen molar-refractivity contribution >= 4 is 5.97 Å². The third kappa shape index (κ3) is 10.0. The highest BCUT2D eigenvalue weighted by molar-refractivity contribution is 5.69. The van der Waals surface area contributed by atoms with Gasteiger partial charge in [-0.3, -0.25) is 4.79 Å². The summed E-state index contributed by atoms with van der Waals surface area (Å²) in [6, 6.07) is 0. The highest BCUT2D eigenvalue weighted by Gasteiger charge is 2.10. The van der Waals surface area contributed by atoms with Crippen LogP contribution in [0.3, 0.4) is 0 Å². The summed E-state index contributed by atoms with van der Waals surface area (Å²) in [5.74, 6) is 1.05. The Morgan fingerprint density at radius 2 is 1.81 bits per heavy atom. The van der Waals surface area contributed by atoms with E-state index in [0.717, 1.165) is 12.8 Å². The molecule has 0 saturated heterocycles. The first-order valence-corrected chi connectivity index (χ1v) is 6.71. The number of rotatable bonds is 9. The molecule has 0 fully saturated rings. The van der Waals surface area contributed by atoms with Crippen LogP contribution in [0.25, 0.3) is 0 Å². The minimum atomic E-state index is -0.0235. The van der Waals surface area contributed by atoms with Gasteiger partial charge in [0, 0.05) is 6.42 Å². The molecular weight excluding hydrogens is 200 g/mol. The Kier molecular flexibility index (Phi) is 9.36. The summed E-state index contributed by atoms with van der Waals surface area (Å²) in [6.45, 7) is 9.20. The summed E-state index contributed by atoms with van der Waals surface area (Å²) in [4.78, 5) is 11.4. The van der Waals surface area contributed by atoms with Gasteiger partial charge in [-0.25, -0.2) is 0 Å². The Bertz CT molecular complexity index is 176. The van der Waals surface area contributed by atoms with Crippen LogP contribution in [0, 0.1) is 11.8 Å². The summed E-state index contributed by atoms with van der Waals surface area (Å²) in [5.41, 5.74) is 0. The van der Waals surface area contributed by atoms with Crippen molar-refractivity contribution in [3.8, 4) is 0 Å². The van der Waals surface area contributed by atoms with E-state index in [-0.39, 0.29) is 5.97 Å². The molecule has 0 rings (SSSR count). The van der Waals surface area contributed by atoms with Crippen molar-refractivity contribution in [3.63, 3.8) is 0 Å². The maximum absolute atomic E-state index is 11.4. The fraction of sp³-hybridized carbons (Fsp3) is 0.929. The Hall–Kier alpha value is -0.530. The highest BCUT2D eigenvalue weighted by Crippen LogP contribution is 2.13. The van der Waals surface area contributed by atoms with E-state index in [1.807, 2.05) is 0 Å². The fourth-order valence-corrected chi connectivity index (χ4v) is 1.60. The van der Waals surface area contributed by atoms with Crippen LogP contribution in [0.4, 0.5) is 0 Å². The quantitative estimate of drug-likeness (QED) is 0.437. The Labute approximate surface area is 101 Å². The molecule has 2 heteroatoms. The van der Waals surface area contributed by atoms with Crippen molar-refractivity contribution in [3.05, 3.63) is 0 Å². The number of esters is 1. The zero-order valence-corrected chi connectivity index (χ0v) is 11.4. The van der Waals surface area contributed by atoms with Crippen molar-refractivity contribution in [2.45, 2.75) is 66.2 Å². The van der Waals surface area contributed by atoms with Gasteiger partial charge >= 0.3 is 5.97 Å². The van der Waals surface area contributed by atoms with Gasteiger partial charge in [-0.1, -0.05) is 53.4 Å². The lowest BCUT2D eigenvalue weighted by atomic mass is 10.0. The van der Waals surface area contributed by atoms with Gasteiger partial charge in [0.15, 0.2) is 0 Å². The van der Waals surface area contributed by atoms with Crippen LogP contribution in [0.5, 0.6) is 0 Å². The van der Waals surface area contributed by atoms with Gasteiger partial charge in [-0.15, -0.1) is 0 Å². The average Bonchev–Trinajstić information content (AvgIpc) is 2.17. The third-order valence-corrected chi connectivity index (χ3v) is 2.77. The number of hydrogen-bond donors (Lipinski definition) is 0. The second-order valence-electron chi connectivity index (χ2n) is 5.21. The van der Waals surface area contributed by atoms with Crippen LogP contribution in [-0.4, -0.2) is 12.6 Å². The normalized spacial score (nSPS) is 12.8. The molecule has 0 aromatic heterocycles. The molecule has 2 nitrogen and oxygen atoms in total. The zero-order chi connectivity index (χ0) is 12.4. The zero-order valence-electron chi connectivity index (χ0n) is 11.4. The van der Waals surface area contributed by atoms with Gasteiger partial charge in [0.25, 0.3) is 0 Å². The van der Waals surface area contributed by atoms with Crippen LogP contribution in [0.15, 0.2) is 0 Å². The second-order valence-corrected chi connectivity index (χ2v) is 5.21. The molecule has 1 atom stereocenters. The number of ether oxygens (including phenoxy) is 1. The maximum atomic E-state index is 11.4. The Morgan fingerprint density at radius 1 is 1.12 bits per heavy atom.